The first-order valence-electron chi connectivity index (χ1n) is 9.42. The molecule has 1 atom stereocenters. The number of hydrogen-bond donors (Lipinski definition) is 2. The van der Waals surface area contributed by atoms with Gasteiger partial charge in [-0.3, -0.25) is 9.59 Å². The van der Waals surface area contributed by atoms with E-state index in [0.29, 0.717) is 35.1 Å². The fraction of sp³-hybridized carbons (Fsp3) is 0.400. The van der Waals surface area contributed by atoms with Crippen LogP contribution >= 0.6 is 11.3 Å². The lowest BCUT2D eigenvalue weighted by atomic mass is 10.0. The monoisotopic (exact) mass is 435 g/mol. The van der Waals surface area contributed by atoms with Crippen molar-refractivity contribution < 1.29 is 18.0 Å². The van der Waals surface area contributed by atoms with Crippen molar-refractivity contribution in [2.24, 2.45) is 11.7 Å². The lowest BCUT2D eigenvalue weighted by Crippen LogP contribution is -2.39. The Morgan fingerprint density at radius 2 is 1.86 bits per heavy atom. The van der Waals surface area contributed by atoms with Crippen LogP contribution in [0.5, 0.6) is 0 Å². The molecule has 156 valence electrons. The molecule has 3 N–H and O–H groups in total. The molecule has 0 unspecified atom stereocenters. The van der Waals surface area contributed by atoms with E-state index >= 15 is 0 Å². The number of hydrogen-bond acceptors (Lipinski definition) is 5. The molecule has 1 aromatic heterocycles. The van der Waals surface area contributed by atoms with Gasteiger partial charge < -0.3 is 11.1 Å². The summed E-state index contributed by atoms with van der Waals surface area (Å²) in [4.78, 5) is 25.4. The van der Waals surface area contributed by atoms with Gasteiger partial charge in [-0.05, 0) is 62.4 Å². The number of carbonyl (C=O) groups excluding carboxylic acids is 2. The number of amides is 2. The maximum Gasteiger partial charge on any atom is 0.256 e. The summed E-state index contributed by atoms with van der Waals surface area (Å²) < 4.78 is 27.2. The van der Waals surface area contributed by atoms with Crippen LogP contribution in [0.25, 0.3) is 0 Å². The third-order valence-corrected chi connectivity index (χ3v) is 8.23. The largest absolute Gasteiger partial charge is 0.365 e. The summed E-state index contributed by atoms with van der Waals surface area (Å²) in [5.74, 6) is -0.690. The topological polar surface area (TPSA) is 110 Å². The fourth-order valence-corrected chi connectivity index (χ4v) is 6.14. The molecule has 0 aliphatic carbocycles. The Balaban J connectivity index is 1.79. The summed E-state index contributed by atoms with van der Waals surface area (Å²) in [6, 6.07) is 5.85. The molecule has 0 bridgehead atoms. The number of rotatable bonds is 5. The van der Waals surface area contributed by atoms with E-state index in [1.54, 1.807) is 6.92 Å². The van der Waals surface area contributed by atoms with Crippen LogP contribution < -0.4 is 11.1 Å². The highest BCUT2D eigenvalue weighted by atomic mass is 32.2. The number of piperidine rings is 1. The number of nitrogens with zero attached hydrogens (tertiary/aromatic N) is 1. The predicted octanol–water partition coefficient (Wildman–Crippen LogP) is 3.14. The first-order chi connectivity index (χ1) is 13.6. The number of anilines is 1. The average molecular weight is 436 g/mol. The van der Waals surface area contributed by atoms with Crippen LogP contribution in [0.2, 0.25) is 0 Å². The molecule has 2 heterocycles. The van der Waals surface area contributed by atoms with Gasteiger partial charge in [0.05, 0.1) is 10.5 Å². The van der Waals surface area contributed by atoms with Gasteiger partial charge in [-0.1, -0.05) is 6.92 Å². The maximum atomic E-state index is 12.8. The van der Waals surface area contributed by atoms with Crippen LogP contribution in [-0.4, -0.2) is 37.6 Å². The Morgan fingerprint density at radius 1 is 1.21 bits per heavy atom. The number of primary amides is 1. The first kappa shape index (κ1) is 21.5. The first-order valence-corrected chi connectivity index (χ1v) is 11.7. The second-order valence-electron chi connectivity index (χ2n) is 7.44. The van der Waals surface area contributed by atoms with E-state index in [1.807, 2.05) is 13.8 Å². The van der Waals surface area contributed by atoms with Crippen molar-refractivity contribution in [2.45, 2.75) is 38.5 Å². The van der Waals surface area contributed by atoms with E-state index in [0.717, 1.165) is 23.3 Å². The zero-order valence-electron chi connectivity index (χ0n) is 16.7. The number of benzene rings is 1. The molecule has 1 fully saturated rings. The number of nitrogens with two attached hydrogens (primary N) is 1. The highest BCUT2D eigenvalue weighted by Gasteiger charge is 2.28. The van der Waals surface area contributed by atoms with Gasteiger partial charge in [0.2, 0.25) is 10.0 Å². The summed E-state index contributed by atoms with van der Waals surface area (Å²) in [5.41, 5.74) is 6.79. The van der Waals surface area contributed by atoms with Crippen molar-refractivity contribution in [2.75, 3.05) is 18.4 Å². The Morgan fingerprint density at radius 3 is 2.45 bits per heavy atom. The SMILES string of the molecule is Cc1sc(NC(=O)c2ccc(S(=O)(=O)N3CCC[C@@H](C)C3)cc2)c(C(N)=O)c1C. The van der Waals surface area contributed by atoms with Crippen molar-refractivity contribution in [3.05, 3.63) is 45.8 Å². The minimum absolute atomic E-state index is 0.170. The number of thiophene rings is 1. The van der Waals surface area contributed by atoms with E-state index < -0.39 is 21.8 Å². The standard InChI is InChI=1S/C20H25N3O4S2/c1-12-5-4-10-23(11-12)29(26,27)16-8-6-15(7-9-16)19(25)22-20-17(18(21)24)13(2)14(3)28-20/h6-9,12H,4-5,10-11H2,1-3H3,(H2,21,24)(H,22,25)/t12-/m1/s1. The van der Waals surface area contributed by atoms with Gasteiger partial charge in [0.1, 0.15) is 5.00 Å². The Labute approximate surface area is 175 Å². The average Bonchev–Trinajstić information content (AvgIpc) is 2.95. The quantitative estimate of drug-likeness (QED) is 0.752. The van der Waals surface area contributed by atoms with Gasteiger partial charge in [0.15, 0.2) is 0 Å². The number of nitrogens with one attached hydrogen (secondary N) is 1. The molecule has 2 amide bonds. The van der Waals surface area contributed by atoms with E-state index in [1.165, 1.54) is 39.9 Å². The molecule has 3 rings (SSSR count). The predicted molar refractivity (Wildman–Crippen MR) is 114 cm³/mol. The van der Waals surface area contributed by atoms with Crippen molar-refractivity contribution in [3.63, 3.8) is 0 Å². The van der Waals surface area contributed by atoms with Crippen molar-refractivity contribution in [1.29, 1.82) is 0 Å². The minimum Gasteiger partial charge on any atom is -0.365 e. The van der Waals surface area contributed by atoms with E-state index in [2.05, 4.69) is 5.32 Å². The molecule has 9 heteroatoms. The molecule has 2 aromatic rings. The Hall–Kier alpha value is -2.23. The van der Waals surface area contributed by atoms with Crippen LogP contribution in [-0.2, 0) is 10.0 Å². The molecule has 29 heavy (non-hydrogen) atoms. The van der Waals surface area contributed by atoms with E-state index in [-0.39, 0.29) is 4.90 Å². The summed E-state index contributed by atoms with van der Waals surface area (Å²) in [7, 11) is -3.57. The second kappa shape index (κ2) is 8.25. The molecule has 7 nitrogen and oxygen atoms in total. The van der Waals surface area contributed by atoms with Crippen LogP contribution in [0, 0.1) is 19.8 Å². The third kappa shape index (κ3) is 4.36. The molecular formula is C20H25N3O4S2. The summed E-state index contributed by atoms with van der Waals surface area (Å²) in [6.07, 6.45) is 1.88. The van der Waals surface area contributed by atoms with E-state index in [4.69, 9.17) is 5.73 Å². The van der Waals surface area contributed by atoms with Crippen molar-refractivity contribution in [3.8, 4) is 0 Å². The highest BCUT2D eigenvalue weighted by molar-refractivity contribution is 7.89. The minimum atomic E-state index is -3.57. The smallest absolute Gasteiger partial charge is 0.256 e. The molecule has 1 aromatic carbocycles. The Kier molecular flexibility index (Phi) is 6.11. The van der Waals surface area contributed by atoms with Crippen LogP contribution in [0.4, 0.5) is 5.00 Å². The fourth-order valence-electron chi connectivity index (χ4n) is 3.48. The van der Waals surface area contributed by atoms with Gasteiger partial charge in [0.25, 0.3) is 11.8 Å². The lowest BCUT2D eigenvalue weighted by molar-refractivity contribution is 0.100. The van der Waals surface area contributed by atoms with Gasteiger partial charge in [-0.2, -0.15) is 4.31 Å². The van der Waals surface area contributed by atoms with Gasteiger partial charge in [0, 0.05) is 23.5 Å². The second-order valence-corrected chi connectivity index (χ2v) is 10.6. The van der Waals surface area contributed by atoms with Gasteiger partial charge >= 0.3 is 0 Å². The maximum absolute atomic E-state index is 12.8. The van der Waals surface area contributed by atoms with Crippen LogP contribution in [0.15, 0.2) is 29.2 Å². The van der Waals surface area contributed by atoms with Crippen LogP contribution in [0.3, 0.4) is 0 Å². The summed E-state index contributed by atoms with van der Waals surface area (Å²) in [6.45, 7) is 6.70. The molecule has 1 aliphatic heterocycles. The van der Waals surface area contributed by atoms with Gasteiger partial charge in [-0.15, -0.1) is 11.3 Å². The van der Waals surface area contributed by atoms with Gasteiger partial charge in [-0.25, -0.2) is 8.42 Å². The lowest BCUT2D eigenvalue weighted by Gasteiger charge is -2.30. The molecule has 1 aliphatic rings. The Bertz CT molecular complexity index is 1040. The summed E-state index contributed by atoms with van der Waals surface area (Å²) >= 11 is 1.28. The zero-order valence-corrected chi connectivity index (χ0v) is 18.3. The molecule has 0 radical (unpaired) electrons. The number of sulfonamides is 1. The molecule has 0 spiro atoms. The van der Waals surface area contributed by atoms with Crippen molar-refractivity contribution in [1.82, 2.24) is 4.31 Å². The van der Waals surface area contributed by atoms with E-state index in [9.17, 15) is 18.0 Å². The number of aryl methyl sites for hydroxylation is 1. The molecular weight excluding hydrogens is 410 g/mol. The normalized spacial score (nSPS) is 17.8. The third-order valence-electron chi connectivity index (χ3n) is 5.23. The van der Waals surface area contributed by atoms with Crippen LogP contribution in [0.1, 0.15) is 50.9 Å². The molecule has 0 saturated carbocycles. The zero-order chi connectivity index (χ0) is 21.3. The number of carbonyl (C=O) groups is 2. The highest BCUT2D eigenvalue weighted by Crippen LogP contribution is 2.32. The van der Waals surface area contributed by atoms with Crippen molar-refractivity contribution >= 4 is 38.2 Å². The molecule has 1 saturated heterocycles. The summed E-state index contributed by atoms with van der Waals surface area (Å²) in [5, 5.41) is 3.12.